The Hall–Kier alpha value is -0.870. The highest BCUT2D eigenvalue weighted by molar-refractivity contribution is 5.05. The minimum Gasteiger partial charge on any atom is -0.275 e. The minimum atomic E-state index is 0.177. The molecule has 86 valence electrons. The molecule has 1 atom stereocenters. The van der Waals surface area contributed by atoms with E-state index < -0.39 is 0 Å². The first-order valence-corrected chi connectivity index (χ1v) is 5.66. The second-order valence-electron chi connectivity index (χ2n) is 4.05. The predicted molar refractivity (Wildman–Crippen MR) is 62.0 cm³/mol. The fourth-order valence-electron chi connectivity index (χ4n) is 1.85. The summed E-state index contributed by atoms with van der Waals surface area (Å²) in [5, 5.41) is 4.38. The van der Waals surface area contributed by atoms with Gasteiger partial charge in [0.15, 0.2) is 0 Å². The third kappa shape index (κ3) is 3.32. The van der Waals surface area contributed by atoms with Crippen molar-refractivity contribution < 1.29 is 0 Å². The van der Waals surface area contributed by atoms with Crippen molar-refractivity contribution in [2.45, 2.75) is 39.2 Å². The van der Waals surface area contributed by atoms with E-state index in [1.54, 1.807) is 0 Å². The fraction of sp³-hybridized carbons (Fsp3) is 0.727. The molecule has 0 aliphatic carbocycles. The maximum atomic E-state index is 5.57. The Morgan fingerprint density at radius 2 is 2.13 bits per heavy atom. The van der Waals surface area contributed by atoms with Crippen molar-refractivity contribution in [2.75, 3.05) is 0 Å². The number of nitrogens with one attached hydrogen (secondary N) is 1. The SMILES string of the molecule is CCC(CC)CC(NN)c1ccn(C)n1. The van der Waals surface area contributed by atoms with E-state index in [0.29, 0.717) is 5.92 Å². The molecule has 0 bridgehead atoms. The van der Waals surface area contributed by atoms with Crippen molar-refractivity contribution in [1.82, 2.24) is 15.2 Å². The lowest BCUT2D eigenvalue weighted by Crippen LogP contribution is -2.30. The zero-order valence-electron chi connectivity index (χ0n) is 9.90. The second-order valence-corrected chi connectivity index (χ2v) is 4.05. The standard InChI is InChI=1S/C11H22N4/c1-4-9(5-2)8-11(13-12)10-6-7-15(3)14-10/h6-7,9,11,13H,4-5,8,12H2,1-3H3. The van der Waals surface area contributed by atoms with Crippen LogP contribution in [0.15, 0.2) is 12.3 Å². The number of hydrogen-bond donors (Lipinski definition) is 2. The maximum Gasteiger partial charge on any atom is 0.0807 e. The van der Waals surface area contributed by atoms with Gasteiger partial charge < -0.3 is 0 Å². The predicted octanol–water partition coefficient (Wildman–Crippen LogP) is 1.75. The highest BCUT2D eigenvalue weighted by atomic mass is 15.3. The van der Waals surface area contributed by atoms with E-state index in [0.717, 1.165) is 12.1 Å². The molecule has 1 aromatic heterocycles. The van der Waals surface area contributed by atoms with Crippen molar-refractivity contribution in [3.8, 4) is 0 Å². The topological polar surface area (TPSA) is 55.9 Å². The van der Waals surface area contributed by atoms with Gasteiger partial charge in [-0.2, -0.15) is 5.10 Å². The van der Waals surface area contributed by atoms with Gasteiger partial charge in [-0.05, 0) is 18.4 Å². The van der Waals surface area contributed by atoms with Crippen LogP contribution in [0.5, 0.6) is 0 Å². The summed E-state index contributed by atoms with van der Waals surface area (Å²) in [6.07, 6.45) is 5.40. The van der Waals surface area contributed by atoms with Crippen molar-refractivity contribution >= 4 is 0 Å². The molecule has 1 aromatic rings. The van der Waals surface area contributed by atoms with Crippen molar-refractivity contribution in [2.24, 2.45) is 18.8 Å². The van der Waals surface area contributed by atoms with E-state index in [-0.39, 0.29) is 6.04 Å². The van der Waals surface area contributed by atoms with Gasteiger partial charge in [0, 0.05) is 13.2 Å². The molecule has 1 heterocycles. The minimum absolute atomic E-state index is 0.177. The summed E-state index contributed by atoms with van der Waals surface area (Å²) in [5.74, 6) is 6.29. The summed E-state index contributed by atoms with van der Waals surface area (Å²) in [7, 11) is 1.92. The normalized spacial score (nSPS) is 13.4. The van der Waals surface area contributed by atoms with E-state index in [4.69, 9.17) is 5.84 Å². The Bertz CT molecular complexity index is 278. The molecule has 0 aromatic carbocycles. The van der Waals surface area contributed by atoms with Crippen LogP contribution in [0.2, 0.25) is 0 Å². The summed E-state index contributed by atoms with van der Waals surface area (Å²) in [6.45, 7) is 4.44. The van der Waals surface area contributed by atoms with Gasteiger partial charge in [0.2, 0.25) is 0 Å². The second kappa shape index (κ2) is 5.88. The van der Waals surface area contributed by atoms with Crippen LogP contribution in [0, 0.1) is 5.92 Å². The maximum absolute atomic E-state index is 5.57. The van der Waals surface area contributed by atoms with E-state index in [1.165, 1.54) is 12.8 Å². The van der Waals surface area contributed by atoms with Gasteiger partial charge in [-0.1, -0.05) is 26.7 Å². The first-order valence-electron chi connectivity index (χ1n) is 5.66. The molecule has 1 unspecified atom stereocenters. The van der Waals surface area contributed by atoms with Gasteiger partial charge in [-0.3, -0.25) is 16.0 Å². The van der Waals surface area contributed by atoms with Gasteiger partial charge in [0.05, 0.1) is 11.7 Å². The van der Waals surface area contributed by atoms with Crippen molar-refractivity contribution in [1.29, 1.82) is 0 Å². The van der Waals surface area contributed by atoms with Gasteiger partial charge >= 0.3 is 0 Å². The summed E-state index contributed by atoms with van der Waals surface area (Å²) in [4.78, 5) is 0. The monoisotopic (exact) mass is 210 g/mol. The van der Waals surface area contributed by atoms with E-state index in [1.807, 2.05) is 24.0 Å². The van der Waals surface area contributed by atoms with Crippen LogP contribution >= 0.6 is 0 Å². The van der Waals surface area contributed by atoms with Gasteiger partial charge in [0.1, 0.15) is 0 Å². The van der Waals surface area contributed by atoms with Crippen LogP contribution in [-0.4, -0.2) is 9.78 Å². The first-order chi connectivity index (χ1) is 7.21. The zero-order valence-corrected chi connectivity index (χ0v) is 9.90. The number of nitrogens with two attached hydrogens (primary N) is 1. The van der Waals surface area contributed by atoms with Crippen LogP contribution in [0.1, 0.15) is 44.8 Å². The van der Waals surface area contributed by atoms with Crippen molar-refractivity contribution in [3.05, 3.63) is 18.0 Å². The number of aromatic nitrogens is 2. The average molecular weight is 210 g/mol. The van der Waals surface area contributed by atoms with Gasteiger partial charge in [0.25, 0.3) is 0 Å². The highest BCUT2D eigenvalue weighted by Crippen LogP contribution is 2.23. The number of rotatable bonds is 6. The fourth-order valence-corrected chi connectivity index (χ4v) is 1.85. The van der Waals surface area contributed by atoms with Crippen molar-refractivity contribution in [3.63, 3.8) is 0 Å². The van der Waals surface area contributed by atoms with Crippen LogP contribution in [0.4, 0.5) is 0 Å². The van der Waals surface area contributed by atoms with Crippen LogP contribution in [-0.2, 0) is 7.05 Å². The number of aryl methyl sites for hydroxylation is 1. The van der Waals surface area contributed by atoms with E-state index in [9.17, 15) is 0 Å². The van der Waals surface area contributed by atoms with Crippen LogP contribution < -0.4 is 11.3 Å². The molecule has 0 amide bonds. The molecule has 0 saturated carbocycles. The van der Waals surface area contributed by atoms with Crippen LogP contribution in [0.25, 0.3) is 0 Å². The molecule has 0 spiro atoms. The molecule has 15 heavy (non-hydrogen) atoms. The summed E-state index contributed by atoms with van der Waals surface area (Å²) in [6, 6.07) is 2.20. The summed E-state index contributed by atoms with van der Waals surface area (Å²) in [5.41, 5.74) is 3.89. The van der Waals surface area contributed by atoms with Crippen LogP contribution in [0.3, 0.4) is 0 Å². The summed E-state index contributed by atoms with van der Waals surface area (Å²) >= 11 is 0. The smallest absolute Gasteiger partial charge is 0.0807 e. The number of hydrogen-bond acceptors (Lipinski definition) is 3. The Kier molecular flexibility index (Phi) is 4.78. The number of hydrazine groups is 1. The van der Waals surface area contributed by atoms with E-state index >= 15 is 0 Å². The molecular weight excluding hydrogens is 188 g/mol. The molecule has 3 N–H and O–H groups in total. The lowest BCUT2D eigenvalue weighted by atomic mass is 9.94. The molecule has 0 saturated heterocycles. The highest BCUT2D eigenvalue weighted by Gasteiger charge is 2.16. The molecule has 0 radical (unpaired) electrons. The van der Waals surface area contributed by atoms with Gasteiger partial charge in [-0.15, -0.1) is 0 Å². The third-order valence-electron chi connectivity index (χ3n) is 3.02. The summed E-state index contributed by atoms with van der Waals surface area (Å²) < 4.78 is 1.81. The zero-order chi connectivity index (χ0) is 11.3. The lowest BCUT2D eigenvalue weighted by Gasteiger charge is -2.19. The molecule has 4 heteroatoms. The largest absolute Gasteiger partial charge is 0.275 e. The Morgan fingerprint density at radius 1 is 1.47 bits per heavy atom. The van der Waals surface area contributed by atoms with Gasteiger partial charge in [-0.25, -0.2) is 0 Å². The Morgan fingerprint density at radius 3 is 2.53 bits per heavy atom. The first kappa shape index (κ1) is 12.2. The lowest BCUT2D eigenvalue weighted by molar-refractivity contribution is 0.368. The average Bonchev–Trinajstić information content (AvgIpc) is 2.67. The number of nitrogens with zero attached hydrogens (tertiary/aromatic N) is 2. The Labute approximate surface area is 91.8 Å². The third-order valence-corrected chi connectivity index (χ3v) is 3.02. The molecule has 0 fully saturated rings. The molecule has 0 aliphatic rings. The molecule has 0 aliphatic heterocycles. The van der Waals surface area contributed by atoms with E-state index in [2.05, 4.69) is 24.4 Å². The molecule has 1 rings (SSSR count). The quantitative estimate of drug-likeness (QED) is 0.555. The molecule has 4 nitrogen and oxygen atoms in total. The molecular formula is C11H22N4. The Balaban J connectivity index is 2.63.